The van der Waals surface area contributed by atoms with E-state index in [1.54, 1.807) is 11.8 Å². The van der Waals surface area contributed by atoms with Gasteiger partial charge in [-0.15, -0.1) is 11.8 Å². The second-order valence-corrected chi connectivity index (χ2v) is 4.97. The lowest BCUT2D eigenvalue weighted by molar-refractivity contribution is -0.112. The van der Waals surface area contributed by atoms with Crippen LogP contribution in [0.25, 0.3) is 0 Å². The molecule has 13 heavy (non-hydrogen) atoms. The number of aliphatic hydroxyl groups is 1. The minimum atomic E-state index is 0.0312. The second kappa shape index (κ2) is 4.67. The molecule has 0 amide bonds. The van der Waals surface area contributed by atoms with Gasteiger partial charge in [0.05, 0.1) is 12.7 Å². The Bertz CT molecular complexity index is 143. The smallest absolute Gasteiger partial charge is 0.106 e. The summed E-state index contributed by atoms with van der Waals surface area (Å²) >= 11 is 1.75. The molecular weight excluding hydrogens is 184 g/mol. The second-order valence-electron chi connectivity index (χ2n) is 4.04. The third-order valence-electron chi connectivity index (χ3n) is 3.40. The van der Waals surface area contributed by atoms with Crippen molar-refractivity contribution in [3.63, 3.8) is 0 Å². The molecule has 1 rings (SSSR count). The van der Waals surface area contributed by atoms with Gasteiger partial charge in [-0.1, -0.05) is 20.8 Å². The summed E-state index contributed by atoms with van der Waals surface area (Å²) in [6, 6.07) is 0. The third kappa shape index (κ3) is 2.20. The molecule has 5 unspecified atom stereocenters. The summed E-state index contributed by atoms with van der Waals surface area (Å²) in [7, 11) is 0. The van der Waals surface area contributed by atoms with Gasteiger partial charge in [0.15, 0.2) is 0 Å². The molecular formula is C10H20O2S. The van der Waals surface area contributed by atoms with Gasteiger partial charge in [0.25, 0.3) is 0 Å². The van der Waals surface area contributed by atoms with Gasteiger partial charge in [-0.3, -0.25) is 0 Å². The maximum absolute atomic E-state index is 9.14. The number of aliphatic hydroxyl groups excluding tert-OH is 1. The standard InChI is InChI=1S/C10H20O2S/c1-6-7(2)9(5-11)12-10(13-4)8(6)3/h6-11H,5H2,1-4H3. The molecule has 0 spiro atoms. The number of rotatable bonds is 2. The van der Waals surface area contributed by atoms with E-state index in [1.165, 1.54) is 0 Å². The summed E-state index contributed by atoms with van der Waals surface area (Å²) < 4.78 is 5.79. The first kappa shape index (κ1) is 11.3. The van der Waals surface area contributed by atoms with Crippen molar-refractivity contribution in [1.82, 2.24) is 0 Å². The van der Waals surface area contributed by atoms with E-state index in [-0.39, 0.29) is 18.1 Å². The Labute approximate surface area is 85.0 Å². The van der Waals surface area contributed by atoms with Gasteiger partial charge >= 0.3 is 0 Å². The lowest BCUT2D eigenvalue weighted by Crippen LogP contribution is -2.44. The molecule has 5 atom stereocenters. The van der Waals surface area contributed by atoms with Crippen LogP contribution in [0.1, 0.15) is 20.8 Å². The van der Waals surface area contributed by atoms with Crippen LogP contribution in [-0.2, 0) is 4.74 Å². The summed E-state index contributed by atoms with van der Waals surface area (Å²) in [4.78, 5) is 0. The van der Waals surface area contributed by atoms with Crippen LogP contribution in [0.4, 0.5) is 0 Å². The van der Waals surface area contributed by atoms with Crippen molar-refractivity contribution in [2.24, 2.45) is 17.8 Å². The Kier molecular flexibility index (Phi) is 4.07. The van der Waals surface area contributed by atoms with Gasteiger partial charge in [0.2, 0.25) is 0 Å². The zero-order valence-electron chi connectivity index (χ0n) is 8.86. The van der Waals surface area contributed by atoms with Gasteiger partial charge in [-0.2, -0.15) is 0 Å². The Morgan fingerprint density at radius 2 is 1.77 bits per heavy atom. The van der Waals surface area contributed by atoms with Crippen molar-refractivity contribution in [1.29, 1.82) is 0 Å². The molecule has 0 aromatic carbocycles. The molecule has 1 saturated heterocycles. The van der Waals surface area contributed by atoms with Crippen molar-refractivity contribution < 1.29 is 9.84 Å². The molecule has 2 nitrogen and oxygen atoms in total. The maximum Gasteiger partial charge on any atom is 0.106 e. The molecule has 1 heterocycles. The molecule has 1 N–H and O–H groups in total. The molecule has 1 fully saturated rings. The van der Waals surface area contributed by atoms with Gasteiger partial charge in [-0.05, 0) is 24.0 Å². The van der Waals surface area contributed by atoms with Crippen molar-refractivity contribution in [2.75, 3.05) is 12.9 Å². The predicted molar refractivity (Wildman–Crippen MR) is 56.8 cm³/mol. The summed E-state index contributed by atoms with van der Waals surface area (Å²) in [6.45, 7) is 6.80. The molecule has 0 bridgehead atoms. The highest BCUT2D eigenvalue weighted by molar-refractivity contribution is 7.99. The fourth-order valence-corrected chi connectivity index (χ4v) is 2.90. The van der Waals surface area contributed by atoms with Gasteiger partial charge in [0, 0.05) is 0 Å². The van der Waals surface area contributed by atoms with E-state index in [1.807, 2.05) is 0 Å². The van der Waals surface area contributed by atoms with Crippen LogP contribution in [0.2, 0.25) is 0 Å². The molecule has 0 aromatic rings. The van der Waals surface area contributed by atoms with Crippen LogP contribution in [0.5, 0.6) is 0 Å². The normalized spacial score (nSPS) is 46.4. The highest BCUT2D eigenvalue weighted by Gasteiger charge is 2.38. The summed E-state index contributed by atoms with van der Waals surface area (Å²) in [6.07, 6.45) is 2.10. The average molecular weight is 204 g/mol. The molecule has 78 valence electrons. The number of hydrogen-bond donors (Lipinski definition) is 1. The van der Waals surface area contributed by atoms with E-state index in [9.17, 15) is 0 Å². The van der Waals surface area contributed by atoms with Crippen molar-refractivity contribution in [3.05, 3.63) is 0 Å². The molecule has 0 aliphatic carbocycles. The third-order valence-corrected chi connectivity index (χ3v) is 4.40. The molecule has 3 heteroatoms. The topological polar surface area (TPSA) is 29.5 Å². The molecule has 1 aliphatic heterocycles. The Hall–Kier alpha value is 0.270. The average Bonchev–Trinajstić information content (AvgIpc) is 2.15. The monoisotopic (exact) mass is 204 g/mol. The fourth-order valence-electron chi connectivity index (χ4n) is 1.96. The Balaban J connectivity index is 2.66. The van der Waals surface area contributed by atoms with E-state index >= 15 is 0 Å². The first-order chi connectivity index (χ1) is 6.11. The Morgan fingerprint density at radius 1 is 1.15 bits per heavy atom. The van der Waals surface area contributed by atoms with E-state index in [0.717, 1.165) is 0 Å². The maximum atomic E-state index is 9.14. The molecule has 0 saturated carbocycles. The summed E-state index contributed by atoms with van der Waals surface area (Å²) in [5, 5.41) is 9.14. The molecule has 1 aliphatic rings. The zero-order chi connectivity index (χ0) is 10.0. The summed E-state index contributed by atoms with van der Waals surface area (Å²) in [5.74, 6) is 1.67. The van der Waals surface area contributed by atoms with Crippen LogP contribution in [0, 0.1) is 17.8 Å². The van der Waals surface area contributed by atoms with Gasteiger partial charge in [0.1, 0.15) is 5.44 Å². The minimum absolute atomic E-state index is 0.0312. The van der Waals surface area contributed by atoms with Gasteiger partial charge in [-0.25, -0.2) is 0 Å². The first-order valence-electron chi connectivity index (χ1n) is 4.91. The highest BCUT2D eigenvalue weighted by Crippen LogP contribution is 2.38. The summed E-state index contributed by atoms with van der Waals surface area (Å²) in [5.41, 5.74) is 0.253. The quantitative estimate of drug-likeness (QED) is 0.746. The SMILES string of the molecule is CSC1OC(CO)C(C)C(C)C1C. The van der Waals surface area contributed by atoms with Crippen molar-refractivity contribution in [3.8, 4) is 0 Å². The zero-order valence-corrected chi connectivity index (χ0v) is 9.67. The van der Waals surface area contributed by atoms with Crippen LogP contribution < -0.4 is 0 Å². The van der Waals surface area contributed by atoms with E-state index in [2.05, 4.69) is 27.0 Å². The fraction of sp³-hybridized carbons (Fsp3) is 1.00. The van der Waals surface area contributed by atoms with Gasteiger partial charge < -0.3 is 9.84 Å². The van der Waals surface area contributed by atoms with E-state index < -0.39 is 0 Å². The van der Waals surface area contributed by atoms with Crippen molar-refractivity contribution in [2.45, 2.75) is 32.3 Å². The number of ether oxygens (including phenoxy) is 1. The van der Waals surface area contributed by atoms with E-state index in [4.69, 9.17) is 9.84 Å². The van der Waals surface area contributed by atoms with E-state index in [0.29, 0.717) is 17.8 Å². The Morgan fingerprint density at radius 3 is 2.23 bits per heavy atom. The van der Waals surface area contributed by atoms with Crippen LogP contribution >= 0.6 is 11.8 Å². The molecule has 0 radical (unpaired) electrons. The highest BCUT2D eigenvalue weighted by atomic mass is 32.2. The molecule has 0 aromatic heterocycles. The number of hydrogen-bond acceptors (Lipinski definition) is 3. The van der Waals surface area contributed by atoms with Crippen LogP contribution in [0.3, 0.4) is 0 Å². The van der Waals surface area contributed by atoms with Crippen LogP contribution in [0.15, 0.2) is 0 Å². The number of thioether (sulfide) groups is 1. The lowest BCUT2D eigenvalue weighted by atomic mass is 9.80. The largest absolute Gasteiger partial charge is 0.394 e. The van der Waals surface area contributed by atoms with Crippen LogP contribution in [-0.4, -0.2) is 29.5 Å². The first-order valence-corrected chi connectivity index (χ1v) is 6.19. The minimum Gasteiger partial charge on any atom is -0.394 e. The lowest BCUT2D eigenvalue weighted by Gasteiger charge is -2.42. The predicted octanol–water partition coefficient (Wildman–Crippen LogP) is 1.97. The van der Waals surface area contributed by atoms with Crippen molar-refractivity contribution >= 4 is 11.8 Å².